The van der Waals surface area contributed by atoms with Crippen LogP contribution in [-0.4, -0.2) is 15.2 Å². The number of hydrogen-bond donors (Lipinski definition) is 2. The van der Waals surface area contributed by atoms with Gasteiger partial charge in [0.1, 0.15) is 5.82 Å². The Labute approximate surface area is 107 Å². The summed E-state index contributed by atoms with van der Waals surface area (Å²) in [7, 11) is 0. The van der Waals surface area contributed by atoms with Crippen molar-refractivity contribution in [1.29, 1.82) is 0 Å². The third kappa shape index (κ3) is 1.92. The molecule has 0 aliphatic rings. The van der Waals surface area contributed by atoms with Gasteiger partial charge < -0.3 is 15.4 Å². The Balaban J connectivity index is 2.13. The predicted molar refractivity (Wildman–Crippen MR) is 67.5 cm³/mol. The summed E-state index contributed by atoms with van der Waals surface area (Å²) >= 11 is 0. The van der Waals surface area contributed by atoms with Crippen molar-refractivity contribution < 1.29 is 14.0 Å². The van der Waals surface area contributed by atoms with Crippen LogP contribution in [0.5, 0.6) is 0 Å². The van der Waals surface area contributed by atoms with E-state index < -0.39 is 5.82 Å². The molecule has 3 aromatic rings. The number of pyridine rings is 1. The van der Waals surface area contributed by atoms with Gasteiger partial charge in [0.25, 0.3) is 5.71 Å². The van der Waals surface area contributed by atoms with E-state index in [1.807, 2.05) is 0 Å². The summed E-state index contributed by atoms with van der Waals surface area (Å²) in [6.07, 6.45) is 1.56. The second-order valence-electron chi connectivity index (χ2n) is 4.11. The summed E-state index contributed by atoms with van der Waals surface area (Å²) < 4.78 is 18.5. The molecule has 0 aliphatic carbocycles. The molecule has 3 N–H and O–H groups in total. The van der Waals surface area contributed by atoms with Crippen LogP contribution < -0.4 is 5.73 Å². The van der Waals surface area contributed by atoms with Crippen molar-refractivity contribution in [3.8, 4) is 11.1 Å². The van der Waals surface area contributed by atoms with E-state index in [2.05, 4.69) is 10.1 Å². The molecule has 0 unspecified atom stereocenters. The first kappa shape index (κ1) is 11.6. The molecule has 5 nitrogen and oxygen atoms in total. The molecule has 2 aromatic heterocycles. The zero-order chi connectivity index (χ0) is 13.4. The summed E-state index contributed by atoms with van der Waals surface area (Å²) in [4.78, 5) is 4.07. The van der Waals surface area contributed by atoms with Gasteiger partial charge >= 0.3 is 0 Å². The van der Waals surface area contributed by atoms with Crippen molar-refractivity contribution in [3.05, 3.63) is 41.8 Å². The first-order chi connectivity index (χ1) is 9.19. The van der Waals surface area contributed by atoms with Gasteiger partial charge in [-0.15, -0.1) is 0 Å². The van der Waals surface area contributed by atoms with E-state index in [4.69, 9.17) is 15.4 Å². The highest BCUT2D eigenvalue weighted by atomic mass is 19.1. The lowest BCUT2D eigenvalue weighted by atomic mass is 10.0. The third-order valence-corrected chi connectivity index (χ3v) is 2.91. The first-order valence-electron chi connectivity index (χ1n) is 5.59. The molecule has 0 fully saturated rings. The molecular formula is C13H10FN3O2. The highest BCUT2D eigenvalue weighted by molar-refractivity contribution is 5.87. The van der Waals surface area contributed by atoms with E-state index in [1.165, 1.54) is 12.1 Å². The number of fused-ring (bicyclic) bond motifs is 1. The number of hydrogen-bond acceptors (Lipinski definition) is 5. The molecule has 0 saturated carbocycles. The van der Waals surface area contributed by atoms with Crippen molar-refractivity contribution >= 4 is 16.9 Å². The average molecular weight is 259 g/mol. The Hall–Kier alpha value is -2.47. The summed E-state index contributed by atoms with van der Waals surface area (Å²) in [5, 5.41) is 13.1. The van der Waals surface area contributed by atoms with Crippen LogP contribution in [0.4, 0.5) is 10.2 Å². The van der Waals surface area contributed by atoms with Crippen molar-refractivity contribution in [3.63, 3.8) is 0 Å². The largest absolute Gasteiger partial charge is 0.392 e. The van der Waals surface area contributed by atoms with Crippen LogP contribution in [-0.2, 0) is 6.61 Å². The van der Waals surface area contributed by atoms with Crippen LogP contribution in [0.3, 0.4) is 0 Å². The van der Waals surface area contributed by atoms with Gasteiger partial charge in [0.2, 0.25) is 0 Å². The lowest BCUT2D eigenvalue weighted by Gasteiger charge is -2.04. The fourth-order valence-electron chi connectivity index (χ4n) is 1.86. The van der Waals surface area contributed by atoms with Crippen LogP contribution in [0.15, 0.2) is 35.0 Å². The van der Waals surface area contributed by atoms with Crippen LogP contribution >= 0.6 is 0 Å². The minimum atomic E-state index is -0.460. The number of anilines is 1. The predicted octanol–water partition coefficient (Wildman–Crippen LogP) is 2.10. The van der Waals surface area contributed by atoms with Crippen molar-refractivity contribution in [2.24, 2.45) is 0 Å². The van der Waals surface area contributed by atoms with Crippen molar-refractivity contribution in [1.82, 2.24) is 10.1 Å². The van der Waals surface area contributed by atoms with Crippen molar-refractivity contribution in [2.75, 3.05) is 5.73 Å². The Kier molecular flexibility index (Phi) is 2.64. The number of halogens is 1. The third-order valence-electron chi connectivity index (χ3n) is 2.91. The number of aromatic nitrogens is 2. The maximum absolute atomic E-state index is 13.6. The fraction of sp³-hybridized carbons (Fsp3) is 0.0769. The maximum atomic E-state index is 13.6. The molecule has 2 heterocycles. The molecule has 3 rings (SSSR count). The van der Waals surface area contributed by atoms with Gasteiger partial charge in [0, 0.05) is 17.3 Å². The highest BCUT2D eigenvalue weighted by Crippen LogP contribution is 2.26. The lowest BCUT2D eigenvalue weighted by Crippen LogP contribution is -1.91. The molecule has 6 heteroatoms. The van der Waals surface area contributed by atoms with Gasteiger partial charge in [-0.05, 0) is 17.7 Å². The standard InChI is InChI=1S/C13H10FN3O2/c14-11-4-7(1-2-8(11)6-18)9-3-10-12(15)17-19-13(10)16-5-9/h1-5,18H,6H2,(H2,15,17). The molecule has 0 saturated heterocycles. The van der Waals surface area contributed by atoms with Gasteiger partial charge in [-0.2, -0.15) is 0 Å². The van der Waals surface area contributed by atoms with E-state index in [-0.39, 0.29) is 18.0 Å². The van der Waals surface area contributed by atoms with Crippen LogP contribution in [0.1, 0.15) is 5.56 Å². The number of nitrogen functional groups attached to an aromatic ring is 1. The van der Waals surface area contributed by atoms with Gasteiger partial charge in [-0.3, -0.25) is 0 Å². The monoisotopic (exact) mass is 259 g/mol. The van der Waals surface area contributed by atoms with Gasteiger partial charge in [0.15, 0.2) is 5.82 Å². The maximum Gasteiger partial charge on any atom is 0.259 e. The minimum Gasteiger partial charge on any atom is -0.392 e. The van der Waals surface area contributed by atoms with Crippen LogP contribution in [0, 0.1) is 5.82 Å². The molecule has 0 bridgehead atoms. The summed E-state index contributed by atoms with van der Waals surface area (Å²) in [6, 6.07) is 6.33. The number of aliphatic hydroxyl groups excluding tert-OH is 1. The van der Waals surface area contributed by atoms with E-state index in [9.17, 15) is 4.39 Å². The second-order valence-corrected chi connectivity index (χ2v) is 4.11. The van der Waals surface area contributed by atoms with E-state index in [1.54, 1.807) is 18.3 Å². The molecule has 0 amide bonds. The van der Waals surface area contributed by atoms with E-state index in [0.717, 1.165) is 0 Å². The Morgan fingerprint density at radius 1 is 1.26 bits per heavy atom. The summed E-state index contributed by atoms with van der Waals surface area (Å²) in [5.74, 6) is -0.213. The minimum absolute atomic E-state index is 0.247. The molecule has 0 spiro atoms. The van der Waals surface area contributed by atoms with Gasteiger partial charge in [0.05, 0.1) is 12.0 Å². The Bertz CT molecular complexity index is 755. The van der Waals surface area contributed by atoms with E-state index >= 15 is 0 Å². The number of rotatable bonds is 2. The molecule has 0 radical (unpaired) electrons. The molecular weight excluding hydrogens is 249 g/mol. The topological polar surface area (TPSA) is 85.2 Å². The normalized spacial score (nSPS) is 11.1. The average Bonchev–Trinajstić information content (AvgIpc) is 2.80. The molecule has 0 atom stereocenters. The van der Waals surface area contributed by atoms with Crippen LogP contribution in [0.2, 0.25) is 0 Å². The number of benzene rings is 1. The number of aliphatic hydroxyl groups is 1. The summed E-state index contributed by atoms with van der Waals surface area (Å²) in [5.41, 5.74) is 7.58. The Morgan fingerprint density at radius 3 is 2.84 bits per heavy atom. The quantitative estimate of drug-likeness (QED) is 0.736. The number of nitrogens with zero attached hydrogens (tertiary/aromatic N) is 2. The number of nitrogens with two attached hydrogens (primary N) is 1. The van der Waals surface area contributed by atoms with Gasteiger partial charge in [-0.25, -0.2) is 9.37 Å². The zero-order valence-electron chi connectivity index (χ0n) is 9.80. The van der Waals surface area contributed by atoms with Crippen molar-refractivity contribution in [2.45, 2.75) is 6.61 Å². The Morgan fingerprint density at radius 2 is 2.11 bits per heavy atom. The fourth-order valence-corrected chi connectivity index (χ4v) is 1.86. The molecule has 96 valence electrons. The smallest absolute Gasteiger partial charge is 0.259 e. The van der Waals surface area contributed by atoms with Crippen LogP contribution in [0.25, 0.3) is 22.2 Å². The SMILES string of the molecule is Nc1noc2ncc(-c3ccc(CO)c(F)c3)cc12. The second kappa shape index (κ2) is 4.33. The first-order valence-corrected chi connectivity index (χ1v) is 5.59. The van der Waals surface area contributed by atoms with Gasteiger partial charge in [-0.1, -0.05) is 17.3 Å². The highest BCUT2D eigenvalue weighted by Gasteiger charge is 2.10. The molecule has 19 heavy (non-hydrogen) atoms. The molecule has 1 aromatic carbocycles. The van der Waals surface area contributed by atoms with E-state index in [0.29, 0.717) is 22.2 Å². The zero-order valence-corrected chi connectivity index (χ0v) is 9.80. The molecule has 0 aliphatic heterocycles. The summed E-state index contributed by atoms with van der Waals surface area (Å²) in [6.45, 7) is -0.331. The lowest BCUT2D eigenvalue weighted by molar-refractivity contribution is 0.276.